The van der Waals surface area contributed by atoms with Crippen LogP contribution in [0.3, 0.4) is 0 Å². The van der Waals surface area contributed by atoms with Crippen LogP contribution in [0.25, 0.3) is 0 Å². The fraction of sp³-hybridized carbons (Fsp3) is 0.500. The molecule has 4 heteroatoms. The minimum absolute atomic E-state index is 0.157. The van der Waals surface area contributed by atoms with Crippen molar-refractivity contribution in [3.05, 3.63) is 29.8 Å². The number of carbonyl (C=O) groups is 2. The molecule has 4 nitrogen and oxygen atoms in total. The molecule has 0 atom stereocenters. The fourth-order valence-corrected chi connectivity index (χ4v) is 1.50. The Kier molecular flexibility index (Phi) is 5.31. The van der Waals surface area contributed by atoms with Gasteiger partial charge in [0.1, 0.15) is 11.4 Å². The third-order valence-electron chi connectivity index (χ3n) is 2.36. The van der Waals surface area contributed by atoms with Gasteiger partial charge in [0.25, 0.3) is 0 Å². The molecule has 0 saturated heterocycles. The maximum Gasteiger partial charge on any atom is 0.313 e. The Morgan fingerprint density at radius 3 is 2.40 bits per heavy atom. The van der Waals surface area contributed by atoms with Crippen molar-refractivity contribution in [1.29, 1.82) is 0 Å². The normalized spacial score (nSPS) is 11.3. The molecule has 0 unspecified atom stereocenters. The van der Waals surface area contributed by atoms with E-state index in [1.54, 1.807) is 38.1 Å². The molecule has 0 fully saturated rings. The van der Waals surface area contributed by atoms with Gasteiger partial charge < -0.3 is 9.47 Å². The Labute approximate surface area is 120 Å². The lowest BCUT2D eigenvalue weighted by Gasteiger charge is -2.19. The number of ether oxygens (including phenoxy) is 2. The van der Waals surface area contributed by atoms with Crippen LogP contribution in [0.1, 0.15) is 40.2 Å². The molecule has 110 valence electrons. The third kappa shape index (κ3) is 5.87. The molecule has 1 aromatic rings. The lowest BCUT2D eigenvalue weighted by Crippen LogP contribution is -2.24. The summed E-state index contributed by atoms with van der Waals surface area (Å²) >= 11 is 0. The van der Waals surface area contributed by atoms with Gasteiger partial charge in [-0.15, -0.1) is 0 Å². The molecule has 0 bridgehead atoms. The zero-order valence-electron chi connectivity index (χ0n) is 12.7. The molecule has 0 radical (unpaired) electrons. The molecule has 0 aromatic heterocycles. The zero-order chi connectivity index (χ0) is 15.3. The van der Waals surface area contributed by atoms with Gasteiger partial charge in [0.15, 0.2) is 0 Å². The van der Waals surface area contributed by atoms with Crippen molar-refractivity contribution in [2.24, 2.45) is 5.92 Å². The highest BCUT2D eigenvalue weighted by molar-refractivity contribution is 5.75. The maximum atomic E-state index is 11.7. The lowest BCUT2D eigenvalue weighted by atomic mass is 10.1. The summed E-state index contributed by atoms with van der Waals surface area (Å²) in [5.74, 6) is -0.335. The van der Waals surface area contributed by atoms with E-state index in [2.05, 4.69) is 0 Å². The largest absolute Gasteiger partial charge is 0.460 e. The van der Waals surface area contributed by atoms with Gasteiger partial charge in [-0.2, -0.15) is 0 Å². The Morgan fingerprint density at radius 1 is 1.20 bits per heavy atom. The SMILES string of the molecule is CC(C)C(=O)Oc1cccc(CC(=O)OC(C)(C)C)c1. The molecule has 0 aliphatic carbocycles. The molecule has 0 aliphatic rings. The van der Waals surface area contributed by atoms with E-state index in [1.807, 2.05) is 20.8 Å². The molecular formula is C16H22O4. The quantitative estimate of drug-likeness (QED) is 0.627. The molecule has 20 heavy (non-hydrogen) atoms. The summed E-state index contributed by atoms with van der Waals surface area (Å²) in [5, 5.41) is 0. The number of hydrogen-bond donors (Lipinski definition) is 0. The number of esters is 2. The van der Waals surface area contributed by atoms with Crippen LogP contribution in [-0.4, -0.2) is 17.5 Å². The van der Waals surface area contributed by atoms with Gasteiger partial charge in [-0.3, -0.25) is 9.59 Å². The molecule has 1 rings (SSSR count). The predicted octanol–water partition coefficient (Wildman–Crippen LogP) is 3.13. The van der Waals surface area contributed by atoms with E-state index in [0.717, 1.165) is 5.56 Å². The second-order valence-corrected chi connectivity index (χ2v) is 5.99. The van der Waals surface area contributed by atoms with E-state index in [4.69, 9.17) is 9.47 Å². The van der Waals surface area contributed by atoms with Crippen molar-refractivity contribution < 1.29 is 19.1 Å². The summed E-state index contributed by atoms with van der Waals surface area (Å²) in [6, 6.07) is 6.93. The first kappa shape index (κ1) is 16.2. The maximum absolute atomic E-state index is 11.7. The number of carbonyl (C=O) groups excluding carboxylic acids is 2. The highest BCUT2D eigenvalue weighted by Gasteiger charge is 2.17. The third-order valence-corrected chi connectivity index (χ3v) is 2.36. The Balaban J connectivity index is 2.69. The molecule has 0 N–H and O–H groups in total. The predicted molar refractivity (Wildman–Crippen MR) is 76.5 cm³/mol. The van der Waals surface area contributed by atoms with E-state index in [9.17, 15) is 9.59 Å². The zero-order valence-corrected chi connectivity index (χ0v) is 12.7. The summed E-state index contributed by atoms with van der Waals surface area (Å²) in [5.41, 5.74) is 0.257. The van der Waals surface area contributed by atoms with E-state index in [1.165, 1.54) is 0 Å². The van der Waals surface area contributed by atoms with Crippen LogP contribution in [0.2, 0.25) is 0 Å². The highest BCUT2D eigenvalue weighted by atomic mass is 16.6. The van der Waals surface area contributed by atoms with E-state index in [0.29, 0.717) is 5.75 Å². The number of hydrogen-bond acceptors (Lipinski definition) is 4. The first-order chi connectivity index (χ1) is 9.17. The van der Waals surface area contributed by atoms with Crippen molar-refractivity contribution in [2.45, 2.75) is 46.6 Å². The van der Waals surface area contributed by atoms with E-state index >= 15 is 0 Å². The van der Waals surface area contributed by atoms with Crippen molar-refractivity contribution in [3.8, 4) is 5.75 Å². The molecule has 0 amide bonds. The van der Waals surface area contributed by atoms with Crippen LogP contribution in [-0.2, 0) is 20.7 Å². The Morgan fingerprint density at radius 2 is 1.85 bits per heavy atom. The summed E-state index contributed by atoms with van der Waals surface area (Å²) in [7, 11) is 0. The first-order valence-electron chi connectivity index (χ1n) is 6.70. The summed E-state index contributed by atoms with van der Waals surface area (Å²) < 4.78 is 10.5. The van der Waals surface area contributed by atoms with Crippen molar-refractivity contribution >= 4 is 11.9 Å². The fourth-order valence-electron chi connectivity index (χ4n) is 1.50. The monoisotopic (exact) mass is 278 g/mol. The van der Waals surface area contributed by atoms with Gasteiger partial charge in [-0.05, 0) is 38.5 Å². The van der Waals surface area contributed by atoms with Gasteiger partial charge in [0, 0.05) is 0 Å². The minimum atomic E-state index is -0.501. The molecule has 0 heterocycles. The number of benzene rings is 1. The summed E-state index contributed by atoms with van der Waals surface area (Å²) in [6.45, 7) is 9.02. The second-order valence-electron chi connectivity index (χ2n) is 5.99. The van der Waals surface area contributed by atoms with Crippen molar-refractivity contribution in [1.82, 2.24) is 0 Å². The van der Waals surface area contributed by atoms with Gasteiger partial charge in [0.2, 0.25) is 0 Å². The van der Waals surface area contributed by atoms with E-state index in [-0.39, 0.29) is 24.3 Å². The topological polar surface area (TPSA) is 52.6 Å². The minimum Gasteiger partial charge on any atom is -0.460 e. The highest BCUT2D eigenvalue weighted by Crippen LogP contribution is 2.17. The van der Waals surface area contributed by atoms with Gasteiger partial charge in [-0.25, -0.2) is 0 Å². The van der Waals surface area contributed by atoms with Crippen LogP contribution >= 0.6 is 0 Å². The second kappa shape index (κ2) is 6.55. The van der Waals surface area contributed by atoms with Crippen molar-refractivity contribution in [3.63, 3.8) is 0 Å². The average molecular weight is 278 g/mol. The van der Waals surface area contributed by atoms with Crippen LogP contribution in [0.15, 0.2) is 24.3 Å². The molecular weight excluding hydrogens is 256 g/mol. The van der Waals surface area contributed by atoms with Crippen LogP contribution in [0.5, 0.6) is 5.75 Å². The standard InChI is InChI=1S/C16H22O4/c1-11(2)15(18)19-13-8-6-7-12(9-13)10-14(17)20-16(3,4)5/h6-9,11H,10H2,1-5H3. The first-order valence-corrected chi connectivity index (χ1v) is 6.70. The van der Waals surface area contributed by atoms with Gasteiger partial charge in [0.05, 0.1) is 12.3 Å². The molecule has 0 aliphatic heterocycles. The smallest absolute Gasteiger partial charge is 0.313 e. The van der Waals surface area contributed by atoms with Crippen LogP contribution in [0.4, 0.5) is 0 Å². The van der Waals surface area contributed by atoms with Crippen LogP contribution in [0, 0.1) is 5.92 Å². The molecule has 0 spiro atoms. The average Bonchev–Trinajstić information content (AvgIpc) is 2.26. The van der Waals surface area contributed by atoms with Crippen LogP contribution < -0.4 is 4.74 Å². The summed E-state index contributed by atoms with van der Waals surface area (Å²) in [6.07, 6.45) is 0.157. The molecule has 1 aromatic carbocycles. The van der Waals surface area contributed by atoms with E-state index < -0.39 is 5.60 Å². The van der Waals surface area contributed by atoms with Crippen molar-refractivity contribution in [2.75, 3.05) is 0 Å². The summed E-state index contributed by atoms with van der Waals surface area (Å²) in [4.78, 5) is 23.3. The lowest BCUT2D eigenvalue weighted by molar-refractivity contribution is -0.153. The van der Waals surface area contributed by atoms with Gasteiger partial charge >= 0.3 is 11.9 Å². The Bertz CT molecular complexity index is 483. The Hall–Kier alpha value is -1.84. The van der Waals surface area contributed by atoms with Gasteiger partial charge in [-0.1, -0.05) is 26.0 Å². The molecule has 0 saturated carbocycles. The number of rotatable bonds is 4.